The van der Waals surface area contributed by atoms with Crippen LogP contribution in [0.2, 0.25) is 0 Å². The highest BCUT2D eigenvalue weighted by atomic mass is 127. The van der Waals surface area contributed by atoms with Crippen LogP contribution in [0.5, 0.6) is 0 Å². The van der Waals surface area contributed by atoms with Gasteiger partial charge in [-0.05, 0) is 47.2 Å². The molecule has 4 heteroatoms. The van der Waals surface area contributed by atoms with Gasteiger partial charge in [-0.1, -0.05) is 42.5 Å². The second-order valence-electron chi connectivity index (χ2n) is 4.29. The number of hydrogen-bond donors (Lipinski definition) is 0. The van der Waals surface area contributed by atoms with Gasteiger partial charge in [0, 0.05) is 3.57 Å². The summed E-state index contributed by atoms with van der Waals surface area (Å²) in [5, 5.41) is 0. The average Bonchev–Trinajstić information content (AvgIpc) is 2.45. The van der Waals surface area contributed by atoms with E-state index in [1.807, 2.05) is 30.3 Å². The number of ether oxygens (including phenoxy) is 1. The van der Waals surface area contributed by atoms with Crippen LogP contribution in [0.3, 0.4) is 0 Å². The molecule has 0 bridgehead atoms. The molecule has 1 unspecified atom stereocenters. The molecule has 0 saturated carbocycles. The molecule has 2 rings (SSSR count). The van der Waals surface area contributed by atoms with Gasteiger partial charge >= 0.3 is 5.97 Å². The van der Waals surface area contributed by atoms with Crippen molar-refractivity contribution in [3.63, 3.8) is 0 Å². The Morgan fingerprint density at radius 1 is 1.00 bits per heavy atom. The van der Waals surface area contributed by atoms with E-state index >= 15 is 0 Å². The number of hydrogen-bond acceptors (Lipinski definition) is 3. The van der Waals surface area contributed by atoms with Crippen LogP contribution < -0.4 is 0 Å². The zero-order chi connectivity index (χ0) is 14.5. The summed E-state index contributed by atoms with van der Waals surface area (Å²) in [5.74, 6) is -0.686. The van der Waals surface area contributed by atoms with Crippen LogP contribution in [0.1, 0.15) is 28.9 Å². The third kappa shape index (κ3) is 3.45. The van der Waals surface area contributed by atoms with Gasteiger partial charge in [-0.2, -0.15) is 0 Å². The Balaban J connectivity index is 2.24. The Hall–Kier alpha value is -1.69. The molecule has 2 aromatic carbocycles. The van der Waals surface area contributed by atoms with Crippen LogP contribution in [0.15, 0.2) is 54.6 Å². The molecule has 0 saturated heterocycles. The summed E-state index contributed by atoms with van der Waals surface area (Å²) in [5.41, 5.74) is 1.15. The standard InChI is InChI=1S/C16H13IO3/c1-11(18)15(12-7-3-2-4-8-12)20-16(19)13-9-5-6-10-14(13)17/h2-10,15H,1H3. The summed E-state index contributed by atoms with van der Waals surface area (Å²) in [4.78, 5) is 23.9. The molecule has 0 heterocycles. The highest BCUT2D eigenvalue weighted by molar-refractivity contribution is 14.1. The summed E-state index contributed by atoms with van der Waals surface area (Å²) in [7, 11) is 0. The molecule has 0 aliphatic carbocycles. The summed E-state index contributed by atoms with van der Waals surface area (Å²) in [6.45, 7) is 1.42. The van der Waals surface area contributed by atoms with Crippen molar-refractivity contribution in [1.82, 2.24) is 0 Å². The van der Waals surface area contributed by atoms with E-state index in [2.05, 4.69) is 22.6 Å². The number of rotatable bonds is 4. The number of carbonyl (C=O) groups excluding carboxylic acids is 2. The highest BCUT2D eigenvalue weighted by Crippen LogP contribution is 2.21. The van der Waals surface area contributed by atoms with Crippen molar-refractivity contribution in [2.45, 2.75) is 13.0 Å². The number of Topliss-reactive ketones (excluding diaryl/α,β-unsaturated/α-hetero) is 1. The Kier molecular flexibility index (Phi) is 4.89. The van der Waals surface area contributed by atoms with Gasteiger partial charge in [-0.25, -0.2) is 4.79 Å². The number of benzene rings is 2. The lowest BCUT2D eigenvalue weighted by molar-refractivity contribution is -0.125. The minimum Gasteiger partial charge on any atom is -0.446 e. The molecular formula is C16H13IO3. The average molecular weight is 380 g/mol. The first-order valence-electron chi connectivity index (χ1n) is 6.10. The normalized spacial score (nSPS) is 11.7. The number of ketones is 1. The zero-order valence-corrected chi connectivity index (χ0v) is 13.0. The quantitative estimate of drug-likeness (QED) is 0.599. The minimum atomic E-state index is -0.861. The molecule has 102 valence electrons. The van der Waals surface area contributed by atoms with Crippen molar-refractivity contribution in [3.8, 4) is 0 Å². The van der Waals surface area contributed by atoms with E-state index in [0.29, 0.717) is 11.1 Å². The largest absolute Gasteiger partial charge is 0.446 e. The Labute approximate surface area is 131 Å². The SMILES string of the molecule is CC(=O)C(OC(=O)c1ccccc1I)c1ccccc1. The van der Waals surface area contributed by atoms with Crippen molar-refractivity contribution in [1.29, 1.82) is 0 Å². The summed E-state index contributed by atoms with van der Waals surface area (Å²) < 4.78 is 6.17. The van der Waals surface area contributed by atoms with E-state index in [1.54, 1.807) is 24.3 Å². The number of halogens is 1. The predicted octanol–water partition coefficient (Wildman–Crippen LogP) is 3.78. The topological polar surface area (TPSA) is 43.4 Å². The Morgan fingerprint density at radius 2 is 1.60 bits per heavy atom. The van der Waals surface area contributed by atoms with Gasteiger partial charge < -0.3 is 4.74 Å². The maximum atomic E-state index is 12.2. The van der Waals surface area contributed by atoms with Crippen LogP contribution in [-0.2, 0) is 9.53 Å². The maximum Gasteiger partial charge on any atom is 0.340 e. The van der Waals surface area contributed by atoms with E-state index < -0.39 is 12.1 Å². The molecule has 0 aliphatic heterocycles. The van der Waals surface area contributed by atoms with Crippen LogP contribution in [-0.4, -0.2) is 11.8 Å². The third-order valence-corrected chi connectivity index (χ3v) is 3.73. The number of esters is 1. The smallest absolute Gasteiger partial charge is 0.340 e. The van der Waals surface area contributed by atoms with E-state index in [9.17, 15) is 9.59 Å². The molecular weight excluding hydrogens is 367 g/mol. The molecule has 0 aliphatic rings. The Bertz CT molecular complexity index is 623. The first-order chi connectivity index (χ1) is 9.59. The van der Waals surface area contributed by atoms with E-state index in [-0.39, 0.29) is 5.78 Å². The molecule has 20 heavy (non-hydrogen) atoms. The first-order valence-corrected chi connectivity index (χ1v) is 7.18. The van der Waals surface area contributed by atoms with E-state index in [0.717, 1.165) is 3.57 Å². The second kappa shape index (κ2) is 6.65. The Morgan fingerprint density at radius 3 is 2.20 bits per heavy atom. The molecule has 0 fully saturated rings. The zero-order valence-electron chi connectivity index (χ0n) is 10.9. The monoisotopic (exact) mass is 380 g/mol. The van der Waals surface area contributed by atoms with Gasteiger partial charge in [0.1, 0.15) is 0 Å². The summed E-state index contributed by atoms with van der Waals surface area (Å²) >= 11 is 2.07. The van der Waals surface area contributed by atoms with E-state index in [1.165, 1.54) is 6.92 Å². The molecule has 2 aromatic rings. The first kappa shape index (κ1) is 14.7. The lowest BCUT2D eigenvalue weighted by atomic mass is 10.1. The van der Waals surface area contributed by atoms with Gasteiger partial charge in [0.2, 0.25) is 0 Å². The highest BCUT2D eigenvalue weighted by Gasteiger charge is 2.23. The molecule has 3 nitrogen and oxygen atoms in total. The summed E-state index contributed by atoms with van der Waals surface area (Å²) in [6, 6.07) is 16.1. The van der Waals surface area contributed by atoms with Gasteiger partial charge in [0.15, 0.2) is 11.9 Å². The van der Waals surface area contributed by atoms with Crippen LogP contribution >= 0.6 is 22.6 Å². The van der Waals surface area contributed by atoms with E-state index in [4.69, 9.17) is 4.74 Å². The third-order valence-electron chi connectivity index (χ3n) is 2.79. The van der Waals surface area contributed by atoms with Crippen molar-refractivity contribution in [2.75, 3.05) is 0 Å². The van der Waals surface area contributed by atoms with Crippen molar-refractivity contribution < 1.29 is 14.3 Å². The number of carbonyl (C=O) groups is 2. The van der Waals surface area contributed by atoms with Crippen LogP contribution in [0.4, 0.5) is 0 Å². The van der Waals surface area contributed by atoms with Crippen molar-refractivity contribution in [2.24, 2.45) is 0 Å². The lowest BCUT2D eigenvalue weighted by Gasteiger charge is -2.16. The predicted molar refractivity (Wildman–Crippen MR) is 84.4 cm³/mol. The van der Waals surface area contributed by atoms with Crippen molar-refractivity contribution in [3.05, 3.63) is 69.3 Å². The van der Waals surface area contributed by atoms with Crippen LogP contribution in [0, 0.1) is 3.57 Å². The van der Waals surface area contributed by atoms with Gasteiger partial charge in [-0.3, -0.25) is 4.79 Å². The fourth-order valence-electron chi connectivity index (χ4n) is 1.81. The minimum absolute atomic E-state index is 0.199. The maximum absolute atomic E-state index is 12.2. The van der Waals surface area contributed by atoms with Gasteiger partial charge in [0.25, 0.3) is 0 Å². The molecule has 0 radical (unpaired) electrons. The van der Waals surface area contributed by atoms with Crippen LogP contribution in [0.25, 0.3) is 0 Å². The molecule has 0 N–H and O–H groups in total. The second-order valence-corrected chi connectivity index (χ2v) is 5.45. The molecule has 0 spiro atoms. The fourth-order valence-corrected chi connectivity index (χ4v) is 2.42. The molecule has 1 atom stereocenters. The summed E-state index contributed by atoms with van der Waals surface area (Å²) in [6.07, 6.45) is -0.861. The van der Waals surface area contributed by atoms with Gasteiger partial charge in [0.05, 0.1) is 5.56 Å². The molecule has 0 aromatic heterocycles. The molecule has 0 amide bonds. The van der Waals surface area contributed by atoms with Crippen molar-refractivity contribution >= 4 is 34.3 Å². The fraction of sp³-hybridized carbons (Fsp3) is 0.125. The lowest BCUT2D eigenvalue weighted by Crippen LogP contribution is -2.18. The van der Waals surface area contributed by atoms with Gasteiger partial charge in [-0.15, -0.1) is 0 Å².